The fourth-order valence-corrected chi connectivity index (χ4v) is 1.03. The molecule has 1 aromatic rings. The lowest BCUT2D eigenvalue weighted by molar-refractivity contribution is 0.116. The van der Waals surface area contributed by atoms with Gasteiger partial charge in [0.25, 0.3) is 0 Å². The Balaban J connectivity index is 2.44. The van der Waals surface area contributed by atoms with Gasteiger partial charge in [-0.25, -0.2) is 9.69 Å². The van der Waals surface area contributed by atoms with Gasteiger partial charge in [0.05, 0.1) is 0 Å². The maximum Gasteiger partial charge on any atom is 0.417 e. The molecule has 0 bridgehead atoms. The molecule has 4 heteroatoms. The molecule has 0 unspecified atom stereocenters. The normalized spacial score (nSPS) is 9.40. The zero-order valence-electron chi connectivity index (χ0n) is 8.47. The molecule has 0 saturated heterocycles. The molecule has 0 aliphatic rings. The van der Waals surface area contributed by atoms with Crippen molar-refractivity contribution in [2.75, 3.05) is 6.54 Å². The highest BCUT2D eigenvalue weighted by Gasteiger charge is 2.12. The van der Waals surface area contributed by atoms with Crippen molar-refractivity contribution in [2.24, 2.45) is 0 Å². The number of hydrogen-bond acceptors (Lipinski definition) is 3. The Bertz CT molecular complexity index is 324. The average Bonchev–Trinajstić information content (AvgIpc) is 2.29. The Labute approximate surface area is 88.5 Å². The number of benzene rings is 1. The van der Waals surface area contributed by atoms with Gasteiger partial charge in [0.1, 0.15) is 6.61 Å². The second-order valence-electron chi connectivity index (χ2n) is 2.88. The number of hydrogen-bond donors (Lipinski definition) is 0. The molecule has 1 rings (SSSR count). The highest BCUT2D eigenvalue weighted by Crippen LogP contribution is 2.02. The molecule has 0 heterocycles. The fraction of sp³-hybridized carbons (Fsp3) is 0.273. The van der Waals surface area contributed by atoms with Crippen molar-refractivity contribution in [1.82, 2.24) is 4.90 Å². The third-order valence-electron chi connectivity index (χ3n) is 1.85. The van der Waals surface area contributed by atoms with E-state index in [4.69, 9.17) is 4.74 Å². The van der Waals surface area contributed by atoms with Crippen LogP contribution in [0.4, 0.5) is 4.79 Å². The van der Waals surface area contributed by atoms with E-state index in [1.54, 1.807) is 6.92 Å². The van der Waals surface area contributed by atoms with Gasteiger partial charge in [-0.2, -0.15) is 0 Å². The Kier molecular flexibility index (Phi) is 4.34. The topological polar surface area (TPSA) is 46.6 Å². The van der Waals surface area contributed by atoms with Crippen LogP contribution in [0, 0.1) is 0 Å². The summed E-state index contributed by atoms with van der Waals surface area (Å²) in [6.07, 6.45) is 0.827. The summed E-state index contributed by atoms with van der Waals surface area (Å²) in [7, 11) is 0. The summed E-state index contributed by atoms with van der Waals surface area (Å²) >= 11 is 0. The summed E-state index contributed by atoms with van der Waals surface area (Å²) in [6, 6.07) is 9.27. The molecule has 0 aliphatic heterocycles. The largest absolute Gasteiger partial charge is 0.444 e. The van der Waals surface area contributed by atoms with Crippen molar-refractivity contribution in [1.29, 1.82) is 0 Å². The minimum atomic E-state index is -0.670. The van der Waals surface area contributed by atoms with Crippen LogP contribution in [0.15, 0.2) is 30.3 Å². The van der Waals surface area contributed by atoms with Crippen LogP contribution >= 0.6 is 0 Å². The first kappa shape index (κ1) is 11.2. The standard InChI is InChI=1S/C11H12NO3/c1-2-12(9-13)11(14)15-8-10-6-4-3-5-7-10/h3-7H,2,8H2,1H3. The molecule has 0 aliphatic carbocycles. The molecule has 0 saturated carbocycles. The first-order valence-electron chi connectivity index (χ1n) is 4.64. The van der Waals surface area contributed by atoms with E-state index >= 15 is 0 Å². The van der Waals surface area contributed by atoms with E-state index in [9.17, 15) is 9.59 Å². The first-order valence-corrected chi connectivity index (χ1v) is 4.64. The molecule has 0 spiro atoms. The summed E-state index contributed by atoms with van der Waals surface area (Å²) < 4.78 is 4.90. The summed E-state index contributed by atoms with van der Waals surface area (Å²) in [5.74, 6) is 0. The lowest BCUT2D eigenvalue weighted by Gasteiger charge is -2.11. The average molecular weight is 206 g/mol. The van der Waals surface area contributed by atoms with Gasteiger partial charge in [0.2, 0.25) is 0 Å². The van der Waals surface area contributed by atoms with Crippen molar-refractivity contribution in [3.63, 3.8) is 0 Å². The molecule has 0 fully saturated rings. The van der Waals surface area contributed by atoms with Crippen molar-refractivity contribution in [3.05, 3.63) is 35.9 Å². The van der Waals surface area contributed by atoms with Gasteiger partial charge in [-0.1, -0.05) is 30.3 Å². The second kappa shape index (κ2) is 5.80. The van der Waals surface area contributed by atoms with Crippen molar-refractivity contribution < 1.29 is 14.3 Å². The number of carbonyl (C=O) groups is 1. The minimum Gasteiger partial charge on any atom is -0.444 e. The predicted octanol–water partition coefficient (Wildman–Crippen LogP) is 1.71. The Morgan fingerprint density at radius 3 is 2.60 bits per heavy atom. The van der Waals surface area contributed by atoms with Crippen molar-refractivity contribution in [2.45, 2.75) is 13.5 Å². The summed E-state index contributed by atoms with van der Waals surface area (Å²) in [4.78, 5) is 22.4. The van der Waals surface area contributed by atoms with Gasteiger partial charge >= 0.3 is 12.5 Å². The molecule has 2 amide bonds. The van der Waals surface area contributed by atoms with E-state index in [-0.39, 0.29) is 13.2 Å². The van der Waals surface area contributed by atoms with E-state index in [0.29, 0.717) is 0 Å². The van der Waals surface area contributed by atoms with Crippen LogP contribution in [0.5, 0.6) is 0 Å². The Hall–Kier alpha value is -1.84. The quantitative estimate of drug-likeness (QED) is 0.704. The summed E-state index contributed by atoms with van der Waals surface area (Å²) in [5.41, 5.74) is 0.882. The van der Waals surface area contributed by atoms with Gasteiger partial charge in [0, 0.05) is 6.54 Å². The van der Waals surface area contributed by atoms with Gasteiger partial charge in [-0.15, -0.1) is 0 Å². The number of ether oxygens (including phenoxy) is 1. The van der Waals surface area contributed by atoms with Crippen LogP contribution in [0.25, 0.3) is 0 Å². The summed E-state index contributed by atoms with van der Waals surface area (Å²) in [5, 5.41) is 0. The van der Waals surface area contributed by atoms with Crippen LogP contribution in [0.3, 0.4) is 0 Å². The van der Waals surface area contributed by atoms with E-state index in [0.717, 1.165) is 10.5 Å². The number of nitrogens with zero attached hydrogens (tertiary/aromatic N) is 1. The molecule has 15 heavy (non-hydrogen) atoms. The Morgan fingerprint density at radius 1 is 1.40 bits per heavy atom. The molecule has 0 N–H and O–H groups in total. The number of carbonyl (C=O) groups excluding carboxylic acids is 2. The lowest BCUT2D eigenvalue weighted by Crippen LogP contribution is -2.29. The van der Waals surface area contributed by atoms with Crippen molar-refractivity contribution >= 4 is 12.5 Å². The Morgan fingerprint density at radius 2 is 2.07 bits per heavy atom. The molecule has 0 atom stereocenters. The van der Waals surface area contributed by atoms with E-state index in [1.165, 1.54) is 6.41 Å². The molecule has 0 aromatic heterocycles. The molecule has 1 radical (unpaired) electrons. The smallest absolute Gasteiger partial charge is 0.417 e. The summed E-state index contributed by atoms with van der Waals surface area (Å²) in [6.45, 7) is 2.10. The molecule has 1 aromatic carbocycles. The van der Waals surface area contributed by atoms with Crippen molar-refractivity contribution in [3.8, 4) is 0 Å². The highest BCUT2D eigenvalue weighted by atomic mass is 16.6. The maximum atomic E-state index is 11.2. The van der Waals surface area contributed by atoms with Gasteiger partial charge in [0.15, 0.2) is 0 Å². The van der Waals surface area contributed by atoms with Crippen LogP contribution in [0.1, 0.15) is 12.5 Å². The highest BCUT2D eigenvalue weighted by molar-refractivity contribution is 5.80. The molecule has 4 nitrogen and oxygen atoms in total. The molecule has 79 valence electrons. The van der Waals surface area contributed by atoms with Gasteiger partial charge in [-0.05, 0) is 12.5 Å². The van der Waals surface area contributed by atoms with E-state index < -0.39 is 6.09 Å². The number of imide groups is 1. The van der Waals surface area contributed by atoms with Crippen LogP contribution < -0.4 is 0 Å². The number of amides is 2. The molecular weight excluding hydrogens is 194 g/mol. The third kappa shape index (κ3) is 3.42. The third-order valence-corrected chi connectivity index (χ3v) is 1.85. The van der Waals surface area contributed by atoms with E-state index in [2.05, 4.69) is 0 Å². The minimum absolute atomic E-state index is 0.165. The van der Waals surface area contributed by atoms with Crippen LogP contribution in [-0.4, -0.2) is 23.9 Å². The van der Waals surface area contributed by atoms with Gasteiger partial charge < -0.3 is 4.74 Å². The zero-order chi connectivity index (χ0) is 11.1. The number of rotatable bonds is 4. The van der Waals surface area contributed by atoms with Gasteiger partial charge in [-0.3, -0.25) is 4.79 Å². The maximum absolute atomic E-state index is 11.2. The second-order valence-corrected chi connectivity index (χ2v) is 2.88. The first-order chi connectivity index (χ1) is 7.27. The van der Waals surface area contributed by atoms with Crippen LogP contribution in [0.2, 0.25) is 0 Å². The predicted molar refractivity (Wildman–Crippen MR) is 54.7 cm³/mol. The SMILES string of the molecule is CCN([C]=O)C(=O)OCc1ccccc1. The zero-order valence-corrected chi connectivity index (χ0v) is 8.47. The molecular formula is C11H12NO3. The lowest BCUT2D eigenvalue weighted by atomic mass is 10.2. The van der Waals surface area contributed by atoms with E-state index in [1.807, 2.05) is 30.3 Å². The monoisotopic (exact) mass is 206 g/mol. The fourth-order valence-electron chi connectivity index (χ4n) is 1.03. The van der Waals surface area contributed by atoms with Crippen LogP contribution in [-0.2, 0) is 16.1 Å².